The highest BCUT2D eigenvalue weighted by Crippen LogP contribution is 2.29. The molecule has 1 amide bonds. The SMILES string of the molecule is Cc1ccc(OC(C)C(=O)NC2(c3ncccn3)CCOCC2)cc1. The molecule has 6 heteroatoms. The molecule has 1 fully saturated rings. The summed E-state index contributed by atoms with van der Waals surface area (Å²) in [4.78, 5) is 21.4. The highest BCUT2D eigenvalue weighted by atomic mass is 16.5. The van der Waals surface area contributed by atoms with Crippen LogP contribution in [0.25, 0.3) is 0 Å². The number of nitrogens with one attached hydrogen (secondary N) is 1. The van der Waals surface area contributed by atoms with Crippen molar-refractivity contribution in [1.82, 2.24) is 15.3 Å². The van der Waals surface area contributed by atoms with Gasteiger partial charge in [-0.05, 0) is 32.0 Å². The lowest BCUT2D eigenvalue weighted by Crippen LogP contribution is -2.53. The highest BCUT2D eigenvalue weighted by Gasteiger charge is 2.39. The number of hydrogen-bond donors (Lipinski definition) is 1. The third-order valence-electron chi connectivity index (χ3n) is 4.41. The molecular weight excluding hydrogens is 318 g/mol. The number of nitrogens with zero attached hydrogens (tertiary/aromatic N) is 2. The average Bonchev–Trinajstić information content (AvgIpc) is 2.65. The van der Waals surface area contributed by atoms with Gasteiger partial charge in [-0.15, -0.1) is 0 Å². The molecule has 1 N–H and O–H groups in total. The van der Waals surface area contributed by atoms with Crippen LogP contribution in [0.5, 0.6) is 5.75 Å². The van der Waals surface area contributed by atoms with E-state index in [9.17, 15) is 4.79 Å². The van der Waals surface area contributed by atoms with Gasteiger partial charge in [-0.1, -0.05) is 17.7 Å². The number of hydrogen-bond acceptors (Lipinski definition) is 5. The maximum Gasteiger partial charge on any atom is 0.261 e. The van der Waals surface area contributed by atoms with Crippen LogP contribution >= 0.6 is 0 Å². The number of aromatic nitrogens is 2. The topological polar surface area (TPSA) is 73.3 Å². The Kier molecular flexibility index (Phi) is 5.28. The molecule has 0 radical (unpaired) electrons. The van der Waals surface area contributed by atoms with Crippen molar-refractivity contribution in [2.75, 3.05) is 13.2 Å². The second-order valence-corrected chi connectivity index (χ2v) is 6.33. The van der Waals surface area contributed by atoms with Crippen LogP contribution in [0.15, 0.2) is 42.7 Å². The Morgan fingerprint density at radius 1 is 1.20 bits per heavy atom. The van der Waals surface area contributed by atoms with Crippen LogP contribution in [0.2, 0.25) is 0 Å². The molecule has 0 bridgehead atoms. The van der Waals surface area contributed by atoms with E-state index >= 15 is 0 Å². The number of benzene rings is 1. The summed E-state index contributed by atoms with van der Waals surface area (Å²) < 4.78 is 11.2. The monoisotopic (exact) mass is 341 g/mol. The summed E-state index contributed by atoms with van der Waals surface area (Å²) >= 11 is 0. The van der Waals surface area contributed by atoms with Crippen molar-refractivity contribution < 1.29 is 14.3 Å². The number of carbonyl (C=O) groups excluding carboxylic acids is 1. The number of carbonyl (C=O) groups is 1. The van der Waals surface area contributed by atoms with Gasteiger partial charge in [0, 0.05) is 38.4 Å². The number of ether oxygens (including phenoxy) is 2. The van der Waals surface area contributed by atoms with Crippen LogP contribution in [0.4, 0.5) is 0 Å². The number of rotatable bonds is 5. The van der Waals surface area contributed by atoms with Gasteiger partial charge >= 0.3 is 0 Å². The molecular formula is C19H23N3O3. The zero-order chi connectivity index (χ0) is 17.7. The Morgan fingerprint density at radius 2 is 1.84 bits per heavy atom. The van der Waals surface area contributed by atoms with Crippen LogP contribution in [-0.2, 0) is 15.1 Å². The first-order valence-electron chi connectivity index (χ1n) is 8.50. The third-order valence-corrected chi connectivity index (χ3v) is 4.41. The van der Waals surface area contributed by atoms with Crippen LogP contribution in [-0.4, -0.2) is 35.2 Å². The quantitative estimate of drug-likeness (QED) is 0.904. The van der Waals surface area contributed by atoms with Crippen molar-refractivity contribution in [3.63, 3.8) is 0 Å². The first-order valence-corrected chi connectivity index (χ1v) is 8.50. The van der Waals surface area contributed by atoms with E-state index in [0.717, 1.165) is 5.56 Å². The first-order chi connectivity index (χ1) is 12.1. The third kappa shape index (κ3) is 4.14. The predicted octanol–water partition coefficient (Wildman–Crippen LogP) is 2.37. The Hall–Kier alpha value is -2.47. The summed E-state index contributed by atoms with van der Waals surface area (Å²) in [6.07, 6.45) is 4.04. The Balaban J connectivity index is 1.72. The molecule has 6 nitrogen and oxygen atoms in total. The minimum Gasteiger partial charge on any atom is -0.481 e. The second kappa shape index (κ2) is 7.61. The molecule has 1 aliphatic heterocycles. The molecule has 1 atom stereocenters. The van der Waals surface area contributed by atoms with E-state index in [-0.39, 0.29) is 5.91 Å². The van der Waals surface area contributed by atoms with E-state index < -0.39 is 11.6 Å². The van der Waals surface area contributed by atoms with Crippen molar-refractivity contribution in [2.45, 2.75) is 38.3 Å². The van der Waals surface area contributed by atoms with Gasteiger partial charge in [0.15, 0.2) is 11.9 Å². The fourth-order valence-electron chi connectivity index (χ4n) is 2.88. The number of aryl methyl sites for hydroxylation is 1. The standard InChI is InChI=1S/C19H23N3O3/c1-14-4-6-16(7-5-14)25-15(2)17(23)22-19(8-12-24-13-9-19)18-20-10-3-11-21-18/h3-7,10-11,15H,8-9,12-13H2,1-2H3,(H,22,23). The van der Waals surface area contributed by atoms with E-state index in [1.807, 2.05) is 31.2 Å². The van der Waals surface area contributed by atoms with E-state index in [0.29, 0.717) is 37.6 Å². The molecule has 0 spiro atoms. The molecule has 2 heterocycles. The minimum atomic E-state index is -0.619. The molecule has 2 aromatic rings. The van der Waals surface area contributed by atoms with Crippen LogP contribution < -0.4 is 10.1 Å². The highest BCUT2D eigenvalue weighted by molar-refractivity contribution is 5.81. The fraction of sp³-hybridized carbons (Fsp3) is 0.421. The van der Waals surface area contributed by atoms with Gasteiger partial charge < -0.3 is 14.8 Å². The molecule has 0 saturated carbocycles. The molecule has 25 heavy (non-hydrogen) atoms. The first kappa shape index (κ1) is 17.4. The lowest BCUT2D eigenvalue weighted by molar-refractivity contribution is -0.131. The van der Waals surface area contributed by atoms with Crippen molar-refractivity contribution in [3.8, 4) is 5.75 Å². The molecule has 1 saturated heterocycles. The van der Waals surface area contributed by atoms with E-state index in [2.05, 4.69) is 15.3 Å². The lowest BCUT2D eigenvalue weighted by atomic mass is 9.88. The minimum absolute atomic E-state index is 0.185. The Morgan fingerprint density at radius 3 is 2.48 bits per heavy atom. The molecule has 1 aromatic heterocycles. The Labute approximate surface area is 147 Å². The molecule has 1 unspecified atom stereocenters. The summed E-state index contributed by atoms with van der Waals surface area (Å²) in [6.45, 7) is 4.88. The smallest absolute Gasteiger partial charge is 0.261 e. The summed E-state index contributed by atoms with van der Waals surface area (Å²) in [7, 11) is 0. The van der Waals surface area contributed by atoms with Crippen molar-refractivity contribution >= 4 is 5.91 Å². The number of amides is 1. The molecule has 1 aromatic carbocycles. The van der Waals surface area contributed by atoms with Crippen molar-refractivity contribution in [3.05, 3.63) is 54.1 Å². The average molecular weight is 341 g/mol. The summed E-state index contributed by atoms with van der Waals surface area (Å²) in [5.74, 6) is 1.11. The fourth-order valence-corrected chi connectivity index (χ4v) is 2.88. The van der Waals surface area contributed by atoms with Crippen molar-refractivity contribution in [2.24, 2.45) is 0 Å². The largest absolute Gasteiger partial charge is 0.481 e. The normalized spacial score (nSPS) is 17.5. The van der Waals surface area contributed by atoms with Gasteiger partial charge in [0.1, 0.15) is 11.3 Å². The predicted molar refractivity (Wildman–Crippen MR) is 93.2 cm³/mol. The van der Waals surface area contributed by atoms with Gasteiger partial charge in [-0.3, -0.25) is 4.79 Å². The summed E-state index contributed by atoms with van der Waals surface area (Å²) in [6, 6.07) is 9.41. The van der Waals surface area contributed by atoms with E-state index in [1.54, 1.807) is 25.4 Å². The van der Waals surface area contributed by atoms with Gasteiger partial charge in [0.05, 0.1) is 0 Å². The van der Waals surface area contributed by atoms with E-state index in [1.165, 1.54) is 0 Å². The van der Waals surface area contributed by atoms with Crippen LogP contribution in [0.1, 0.15) is 31.2 Å². The lowest BCUT2D eigenvalue weighted by Gasteiger charge is -2.37. The molecule has 1 aliphatic rings. The maximum absolute atomic E-state index is 12.7. The Bertz CT molecular complexity index is 698. The molecule has 0 aliphatic carbocycles. The second-order valence-electron chi connectivity index (χ2n) is 6.33. The molecule has 132 valence electrons. The van der Waals surface area contributed by atoms with Gasteiger partial charge in [-0.25, -0.2) is 9.97 Å². The van der Waals surface area contributed by atoms with Gasteiger partial charge in [0.2, 0.25) is 0 Å². The van der Waals surface area contributed by atoms with Crippen molar-refractivity contribution in [1.29, 1.82) is 0 Å². The maximum atomic E-state index is 12.7. The van der Waals surface area contributed by atoms with E-state index in [4.69, 9.17) is 9.47 Å². The van der Waals surface area contributed by atoms with Crippen LogP contribution in [0, 0.1) is 6.92 Å². The summed E-state index contributed by atoms with van der Waals surface area (Å²) in [5.41, 5.74) is 0.536. The molecule has 3 rings (SSSR count). The zero-order valence-corrected chi connectivity index (χ0v) is 14.6. The van der Waals surface area contributed by atoms with Gasteiger partial charge in [-0.2, -0.15) is 0 Å². The zero-order valence-electron chi connectivity index (χ0n) is 14.6. The van der Waals surface area contributed by atoms with Crippen LogP contribution in [0.3, 0.4) is 0 Å². The summed E-state index contributed by atoms with van der Waals surface area (Å²) in [5, 5.41) is 3.11. The van der Waals surface area contributed by atoms with Gasteiger partial charge in [0.25, 0.3) is 5.91 Å².